The van der Waals surface area contributed by atoms with Gasteiger partial charge in [-0.25, -0.2) is 0 Å². The maximum Gasteiger partial charge on any atom is 0.0653 e. The summed E-state index contributed by atoms with van der Waals surface area (Å²) < 4.78 is 0. The number of hydrogen-bond donors (Lipinski definition) is 0. The van der Waals surface area contributed by atoms with Gasteiger partial charge in [0, 0.05) is 10.0 Å². The second-order valence-corrected chi connectivity index (χ2v) is 6.17. The van der Waals surface area contributed by atoms with Crippen LogP contribution in [0.3, 0.4) is 0 Å². The highest BCUT2D eigenvalue weighted by molar-refractivity contribution is 6.35. The van der Waals surface area contributed by atoms with E-state index < -0.39 is 0 Å². The van der Waals surface area contributed by atoms with Crippen LogP contribution < -0.4 is 0 Å². The first-order valence-corrected chi connectivity index (χ1v) is 6.81. The smallest absolute Gasteiger partial charge is 0.0653 e. The maximum absolute atomic E-state index is 6.58. The first kappa shape index (κ1) is 12.5. The van der Waals surface area contributed by atoms with E-state index in [0.717, 1.165) is 5.56 Å². The van der Waals surface area contributed by atoms with Crippen LogP contribution in [0.5, 0.6) is 0 Å². The fraction of sp³-hybridized carbons (Fsp3) is 0.538. The van der Waals surface area contributed by atoms with Gasteiger partial charge in [0.1, 0.15) is 0 Å². The maximum atomic E-state index is 6.58. The quantitative estimate of drug-likeness (QED) is 0.595. The van der Waals surface area contributed by atoms with Gasteiger partial charge in [-0.3, -0.25) is 0 Å². The minimum atomic E-state index is -0.0141. The van der Waals surface area contributed by atoms with E-state index in [4.69, 9.17) is 34.8 Å². The summed E-state index contributed by atoms with van der Waals surface area (Å²) >= 11 is 18.7. The molecule has 3 heteroatoms. The van der Waals surface area contributed by atoms with Crippen molar-refractivity contribution in [1.82, 2.24) is 0 Å². The Morgan fingerprint density at radius 3 is 2.38 bits per heavy atom. The molecule has 0 saturated heterocycles. The summed E-state index contributed by atoms with van der Waals surface area (Å²) in [5.41, 5.74) is 1.19. The zero-order chi connectivity index (χ0) is 11.8. The van der Waals surface area contributed by atoms with E-state index in [-0.39, 0.29) is 10.8 Å². The van der Waals surface area contributed by atoms with Gasteiger partial charge in [0.25, 0.3) is 0 Å². The predicted molar refractivity (Wildman–Crippen MR) is 71.6 cm³/mol. The standard InChI is InChI=1S/C13H15Cl3/c1-13(6-2-3-7-13)12(16)10-5-4-9(14)8-11(10)15/h4-5,8,12H,2-3,6-7H2,1H3. The lowest BCUT2D eigenvalue weighted by molar-refractivity contribution is 0.322. The first-order chi connectivity index (χ1) is 7.53. The van der Waals surface area contributed by atoms with Gasteiger partial charge < -0.3 is 0 Å². The van der Waals surface area contributed by atoms with E-state index in [1.54, 1.807) is 6.07 Å². The van der Waals surface area contributed by atoms with Crippen molar-refractivity contribution in [3.63, 3.8) is 0 Å². The molecule has 0 amide bonds. The third-order valence-electron chi connectivity index (χ3n) is 3.59. The van der Waals surface area contributed by atoms with E-state index in [9.17, 15) is 0 Å². The van der Waals surface area contributed by atoms with Crippen molar-refractivity contribution in [3.05, 3.63) is 33.8 Å². The molecule has 1 aliphatic rings. The molecule has 1 aromatic carbocycles. The largest absolute Gasteiger partial charge is 0.117 e. The Kier molecular flexibility index (Phi) is 3.73. The monoisotopic (exact) mass is 276 g/mol. The average Bonchev–Trinajstić information content (AvgIpc) is 2.66. The molecule has 0 N–H and O–H groups in total. The molecule has 0 nitrogen and oxygen atoms in total. The molecule has 16 heavy (non-hydrogen) atoms. The molecule has 1 saturated carbocycles. The molecule has 0 aromatic heterocycles. The second-order valence-electron chi connectivity index (χ2n) is 4.89. The number of hydrogen-bond acceptors (Lipinski definition) is 0. The number of halogens is 3. The third kappa shape index (κ3) is 2.34. The van der Waals surface area contributed by atoms with Gasteiger partial charge in [-0.05, 0) is 36.0 Å². The molecule has 0 spiro atoms. The molecular weight excluding hydrogens is 263 g/mol. The molecule has 88 valence electrons. The Balaban J connectivity index is 2.29. The van der Waals surface area contributed by atoms with Crippen LogP contribution in [-0.4, -0.2) is 0 Å². The van der Waals surface area contributed by atoms with Crippen LogP contribution in [0.15, 0.2) is 18.2 Å². The zero-order valence-corrected chi connectivity index (χ0v) is 11.5. The Morgan fingerprint density at radius 2 is 1.81 bits per heavy atom. The Hall–Kier alpha value is 0.0900. The Labute approximate surface area is 112 Å². The van der Waals surface area contributed by atoms with Crippen LogP contribution in [0.25, 0.3) is 0 Å². The molecular formula is C13H15Cl3. The summed E-state index contributed by atoms with van der Waals surface area (Å²) in [5, 5.41) is 1.33. The van der Waals surface area contributed by atoms with Crippen LogP contribution in [0.1, 0.15) is 43.5 Å². The number of benzene rings is 1. The van der Waals surface area contributed by atoms with Gasteiger partial charge in [0.2, 0.25) is 0 Å². The first-order valence-electron chi connectivity index (χ1n) is 5.62. The molecule has 1 aliphatic carbocycles. The average molecular weight is 278 g/mol. The van der Waals surface area contributed by atoms with E-state index in [1.807, 2.05) is 12.1 Å². The predicted octanol–water partition coefficient (Wildman–Crippen LogP) is 5.85. The third-order valence-corrected chi connectivity index (χ3v) is 4.92. The highest BCUT2D eigenvalue weighted by Crippen LogP contribution is 2.51. The summed E-state index contributed by atoms with van der Waals surface area (Å²) in [6, 6.07) is 5.58. The topological polar surface area (TPSA) is 0 Å². The SMILES string of the molecule is CC1(C(Cl)c2ccc(Cl)cc2Cl)CCCC1. The lowest BCUT2D eigenvalue weighted by Crippen LogP contribution is -2.18. The van der Waals surface area contributed by atoms with Gasteiger partial charge in [-0.15, -0.1) is 11.6 Å². The van der Waals surface area contributed by atoms with Crippen molar-refractivity contribution in [2.45, 2.75) is 38.0 Å². The van der Waals surface area contributed by atoms with Gasteiger partial charge in [0.05, 0.1) is 5.38 Å². The van der Waals surface area contributed by atoms with Gasteiger partial charge in [-0.2, -0.15) is 0 Å². The number of rotatable bonds is 2. The van der Waals surface area contributed by atoms with Crippen molar-refractivity contribution in [2.24, 2.45) is 5.41 Å². The van der Waals surface area contributed by atoms with Crippen LogP contribution in [0.2, 0.25) is 10.0 Å². The summed E-state index contributed by atoms with van der Waals surface area (Å²) in [6.07, 6.45) is 4.90. The minimum Gasteiger partial charge on any atom is -0.117 e. The number of alkyl halides is 1. The molecule has 0 radical (unpaired) electrons. The fourth-order valence-electron chi connectivity index (χ4n) is 2.52. The summed E-state index contributed by atoms with van der Waals surface area (Å²) in [4.78, 5) is 0. The summed E-state index contributed by atoms with van der Waals surface area (Å²) in [5.74, 6) is 0. The normalized spacial score (nSPS) is 21.0. The van der Waals surface area contributed by atoms with Crippen molar-refractivity contribution >= 4 is 34.8 Å². The molecule has 0 bridgehead atoms. The minimum absolute atomic E-state index is 0.0141. The Morgan fingerprint density at radius 1 is 1.19 bits per heavy atom. The molecule has 1 aromatic rings. The van der Waals surface area contributed by atoms with Crippen LogP contribution in [0, 0.1) is 5.41 Å². The van der Waals surface area contributed by atoms with E-state index in [2.05, 4.69) is 6.92 Å². The van der Waals surface area contributed by atoms with Crippen molar-refractivity contribution in [3.8, 4) is 0 Å². The van der Waals surface area contributed by atoms with Gasteiger partial charge >= 0.3 is 0 Å². The van der Waals surface area contributed by atoms with E-state index >= 15 is 0 Å². The van der Waals surface area contributed by atoms with Crippen LogP contribution in [-0.2, 0) is 0 Å². The molecule has 2 rings (SSSR count). The van der Waals surface area contributed by atoms with E-state index in [1.165, 1.54) is 25.7 Å². The highest BCUT2D eigenvalue weighted by Gasteiger charge is 2.37. The van der Waals surface area contributed by atoms with E-state index in [0.29, 0.717) is 10.0 Å². The zero-order valence-electron chi connectivity index (χ0n) is 9.27. The van der Waals surface area contributed by atoms with Crippen molar-refractivity contribution in [1.29, 1.82) is 0 Å². The Bertz CT molecular complexity index is 381. The summed E-state index contributed by atoms with van der Waals surface area (Å²) in [7, 11) is 0. The molecule has 1 atom stereocenters. The molecule has 0 heterocycles. The van der Waals surface area contributed by atoms with Crippen molar-refractivity contribution in [2.75, 3.05) is 0 Å². The molecule has 0 aliphatic heterocycles. The summed E-state index contributed by atoms with van der Waals surface area (Å²) in [6.45, 7) is 2.25. The molecule has 1 fully saturated rings. The van der Waals surface area contributed by atoms with Gasteiger partial charge in [0.15, 0.2) is 0 Å². The molecule has 1 unspecified atom stereocenters. The van der Waals surface area contributed by atoms with Gasteiger partial charge in [-0.1, -0.05) is 49.0 Å². The second kappa shape index (κ2) is 4.76. The lowest BCUT2D eigenvalue weighted by Gasteiger charge is -2.30. The lowest BCUT2D eigenvalue weighted by atomic mass is 9.81. The highest BCUT2D eigenvalue weighted by atomic mass is 35.5. The van der Waals surface area contributed by atoms with Crippen LogP contribution in [0.4, 0.5) is 0 Å². The van der Waals surface area contributed by atoms with Crippen molar-refractivity contribution < 1.29 is 0 Å². The fourth-order valence-corrected chi connectivity index (χ4v) is 3.50. The van der Waals surface area contributed by atoms with Crippen LogP contribution >= 0.6 is 34.8 Å².